The van der Waals surface area contributed by atoms with Gasteiger partial charge in [0.1, 0.15) is 5.58 Å². The molecule has 0 bridgehead atoms. The van der Waals surface area contributed by atoms with Gasteiger partial charge in [0.25, 0.3) is 5.91 Å². The summed E-state index contributed by atoms with van der Waals surface area (Å²) in [6.45, 7) is 4.97. The van der Waals surface area contributed by atoms with Crippen LogP contribution in [0.2, 0.25) is 0 Å². The highest BCUT2D eigenvalue weighted by molar-refractivity contribution is 5.99. The van der Waals surface area contributed by atoms with E-state index in [1.54, 1.807) is 12.0 Å². The molecule has 0 aliphatic carbocycles. The monoisotopic (exact) mass is 377 g/mol. The van der Waals surface area contributed by atoms with E-state index in [1.165, 1.54) is 0 Å². The number of amides is 1. The molecule has 0 fully saturated rings. The Labute approximate surface area is 163 Å². The molecule has 1 aliphatic heterocycles. The molecule has 0 saturated heterocycles. The Balaban J connectivity index is 1.93. The first kappa shape index (κ1) is 18.4. The molecule has 0 N–H and O–H groups in total. The lowest BCUT2D eigenvalue weighted by Crippen LogP contribution is -2.31. The average molecular weight is 377 g/mol. The maximum Gasteiger partial charge on any atom is 0.290 e. The van der Waals surface area contributed by atoms with Crippen molar-refractivity contribution in [1.82, 2.24) is 4.90 Å². The van der Waals surface area contributed by atoms with Crippen molar-refractivity contribution in [2.24, 2.45) is 0 Å². The molecule has 3 aromatic rings. The van der Waals surface area contributed by atoms with E-state index in [2.05, 4.69) is 0 Å². The summed E-state index contributed by atoms with van der Waals surface area (Å²) in [5.41, 5.74) is 3.73. The van der Waals surface area contributed by atoms with Crippen LogP contribution in [0.25, 0.3) is 11.0 Å². The molecule has 2 aromatic carbocycles. The molecule has 28 heavy (non-hydrogen) atoms. The quantitative estimate of drug-likeness (QED) is 0.631. The maximum atomic E-state index is 13.4. The number of ether oxygens (including phenoxy) is 1. The van der Waals surface area contributed by atoms with Crippen LogP contribution in [-0.4, -0.2) is 31.1 Å². The summed E-state index contributed by atoms with van der Waals surface area (Å²) in [6, 6.07) is 12.9. The Hall–Kier alpha value is -2.92. The van der Waals surface area contributed by atoms with Crippen molar-refractivity contribution in [3.63, 3.8) is 0 Å². The fourth-order valence-electron chi connectivity index (χ4n) is 3.87. The van der Waals surface area contributed by atoms with Crippen molar-refractivity contribution in [3.05, 3.63) is 80.7 Å². The van der Waals surface area contributed by atoms with Gasteiger partial charge in [-0.15, -0.1) is 0 Å². The summed E-state index contributed by atoms with van der Waals surface area (Å²) in [4.78, 5) is 28.3. The third kappa shape index (κ3) is 2.92. The van der Waals surface area contributed by atoms with Gasteiger partial charge >= 0.3 is 0 Å². The van der Waals surface area contributed by atoms with Gasteiger partial charge < -0.3 is 14.1 Å². The lowest BCUT2D eigenvalue weighted by atomic mass is 9.97. The average Bonchev–Trinajstić information content (AvgIpc) is 2.97. The van der Waals surface area contributed by atoms with E-state index in [-0.39, 0.29) is 17.1 Å². The van der Waals surface area contributed by atoms with Crippen molar-refractivity contribution < 1.29 is 13.9 Å². The predicted octanol–water partition coefficient (Wildman–Crippen LogP) is 3.99. The minimum atomic E-state index is -0.442. The van der Waals surface area contributed by atoms with Crippen LogP contribution in [0.3, 0.4) is 0 Å². The summed E-state index contributed by atoms with van der Waals surface area (Å²) in [5.74, 6) is -0.0794. The smallest absolute Gasteiger partial charge is 0.290 e. The number of rotatable bonds is 5. The minimum absolute atomic E-state index is 0.129. The number of hydrogen-bond acceptors (Lipinski definition) is 4. The van der Waals surface area contributed by atoms with Crippen molar-refractivity contribution in [2.45, 2.75) is 26.3 Å². The third-order valence-electron chi connectivity index (χ3n) is 5.44. The van der Waals surface area contributed by atoms with E-state index in [0.29, 0.717) is 36.1 Å². The van der Waals surface area contributed by atoms with Gasteiger partial charge in [0.2, 0.25) is 5.76 Å². The summed E-state index contributed by atoms with van der Waals surface area (Å²) in [7, 11) is 1.64. The van der Waals surface area contributed by atoms with Crippen molar-refractivity contribution in [3.8, 4) is 0 Å². The lowest BCUT2D eigenvalue weighted by molar-refractivity contribution is 0.0708. The SMILES string of the molecule is COCCCN1C(=O)c2oc3cc(C)c(C)cc3c(=O)c2C1c1ccccc1. The molecule has 1 atom stereocenters. The molecule has 1 aromatic heterocycles. The molecule has 1 unspecified atom stereocenters. The zero-order valence-electron chi connectivity index (χ0n) is 16.3. The maximum absolute atomic E-state index is 13.4. The fraction of sp³-hybridized carbons (Fsp3) is 0.304. The Morgan fingerprint density at radius 3 is 2.50 bits per heavy atom. The molecular weight excluding hydrogens is 354 g/mol. The molecule has 4 rings (SSSR count). The van der Waals surface area contributed by atoms with Crippen molar-refractivity contribution >= 4 is 16.9 Å². The second-order valence-electron chi connectivity index (χ2n) is 7.26. The largest absolute Gasteiger partial charge is 0.450 e. The minimum Gasteiger partial charge on any atom is -0.450 e. The number of carbonyl (C=O) groups excluding carboxylic acids is 1. The highest BCUT2D eigenvalue weighted by Crippen LogP contribution is 2.38. The molecular formula is C23H23NO4. The first-order valence-corrected chi connectivity index (χ1v) is 9.45. The number of hydrogen-bond donors (Lipinski definition) is 0. The number of benzene rings is 2. The molecule has 2 heterocycles. The van der Waals surface area contributed by atoms with Crippen LogP contribution in [0, 0.1) is 13.8 Å². The van der Waals surface area contributed by atoms with Crippen LogP contribution in [0.15, 0.2) is 51.7 Å². The first-order valence-electron chi connectivity index (χ1n) is 9.45. The molecule has 5 nitrogen and oxygen atoms in total. The standard InChI is InChI=1S/C23H23NO4/c1-14-12-17-18(13-15(14)2)28-22-19(21(17)25)20(16-8-5-4-6-9-16)24(23(22)26)10-7-11-27-3/h4-6,8-9,12-13,20H,7,10-11H2,1-3H3. The van der Waals surface area contributed by atoms with Gasteiger partial charge in [0, 0.05) is 20.3 Å². The second kappa shape index (κ2) is 7.24. The predicted molar refractivity (Wildman–Crippen MR) is 108 cm³/mol. The van der Waals surface area contributed by atoms with Gasteiger partial charge in [-0.2, -0.15) is 0 Å². The number of aryl methyl sites for hydroxylation is 2. The van der Waals surface area contributed by atoms with Gasteiger partial charge in [-0.05, 0) is 49.1 Å². The van der Waals surface area contributed by atoms with Crippen LogP contribution in [-0.2, 0) is 4.74 Å². The molecule has 0 saturated carbocycles. The molecule has 1 amide bonds. The van der Waals surface area contributed by atoms with Gasteiger partial charge in [0.05, 0.1) is 17.0 Å². The van der Waals surface area contributed by atoms with Crippen LogP contribution in [0.4, 0.5) is 0 Å². The fourth-order valence-corrected chi connectivity index (χ4v) is 3.87. The molecule has 0 spiro atoms. The van der Waals surface area contributed by atoms with Crippen LogP contribution < -0.4 is 5.43 Å². The normalized spacial score (nSPS) is 16.0. The first-order chi connectivity index (χ1) is 13.5. The van der Waals surface area contributed by atoms with Crippen molar-refractivity contribution in [1.29, 1.82) is 0 Å². The summed E-state index contributed by atoms with van der Waals surface area (Å²) in [5, 5.41) is 0.523. The number of carbonyl (C=O) groups is 1. The number of methoxy groups -OCH3 is 1. The third-order valence-corrected chi connectivity index (χ3v) is 5.44. The lowest BCUT2D eigenvalue weighted by Gasteiger charge is -2.25. The van der Waals surface area contributed by atoms with E-state index >= 15 is 0 Å². The highest BCUT2D eigenvalue weighted by atomic mass is 16.5. The van der Waals surface area contributed by atoms with Gasteiger partial charge in [-0.1, -0.05) is 30.3 Å². The molecule has 5 heteroatoms. The number of fused-ring (bicyclic) bond motifs is 2. The Morgan fingerprint density at radius 1 is 1.07 bits per heavy atom. The zero-order valence-corrected chi connectivity index (χ0v) is 16.3. The van der Waals surface area contributed by atoms with Gasteiger partial charge in [0.15, 0.2) is 5.43 Å². The van der Waals surface area contributed by atoms with Crippen molar-refractivity contribution in [2.75, 3.05) is 20.3 Å². The van der Waals surface area contributed by atoms with E-state index in [1.807, 2.05) is 56.3 Å². The second-order valence-corrected chi connectivity index (χ2v) is 7.26. The molecule has 0 radical (unpaired) electrons. The summed E-state index contributed by atoms with van der Waals surface area (Å²) < 4.78 is 11.1. The Kier molecular flexibility index (Phi) is 4.77. The van der Waals surface area contributed by atoms with E-state index < -0.39 is 6.04 Å². The van der Waals surface area contributed by atoms with Crippen LogP contribution in [0.5, 0.6) is 0 Å². The van der Waals surface area contributed by atoms with Gasteiger partial charge in [-0.3, -0.25) is 9.59 Å². The topological polar surface area (TPSA) is 59.8 Å². The van der Waals surface area contributed by atoms with E-state index in [0.717, 1.165) is 16.7 Å². The van der Waals surface area contributed by atoms with E-state index in [9.17, 15) is 9.59 Å². The summed E-state index contributed by atoms with van der Waals surface area (Å²) in [6.07, 6.45) is 0.686. The van der Waals surface area contributed by atoms with Crippen LogP contribution >= 0.6 is 0 Å². The zero-order chi connectivity index (χ0) is 19.8. The Bertz CT molecular complexity index is 1100. The Morgan fingerprint density at radius 2 is 1.79 bits per heavy atom. The van der Waals surface area contributed by atoms with Crippen LogP contribution in [0.1, 0.15) is 45.3 Å². The molecule has 1 aliphatic rings. The van der Waals surface area contributed by atoms with Gasteiger partial charge in [-0.25, -0.2) is 0 Å². The van der Waals surface area contributed by atoms with E-state index in [4.69, 9.17) is 9.15 Å². The highest BCUT2D eigenvalue weighted by Gasteiger charge is 2.42. The summed E-state index contributed by atoms with van der Waals surface area (Å²) >= 11 is 0. The molecule has 144 valence electrons. The number of nitrogens with zero attached hydrogens (tertiary/aromatic N) is 1.